The maximum absolute atomic E-state index is 5.79. The number of H-pyrrole nitrogens is 1. The predicted molar refractivity (Wildman–Crippen MR) is 49.1 cm³/mol. The van der Waals surface area contributed by atoms with E-state index in [4.69, 9.17) is 11.6 Å². The minimum absolute atomic E-state index is 0.215. The minimum Gasteiger partial charge on any atom is -0.363 e. The molecule has 0 atom stereocenters. The fraction of sp³-hybridized carbons (Fsp3) is 0.556. The van der Waals surface area contributed by atoms with Crippen LogP contribution in [0.3, 0.4) is 0 Å². The van der Waals surface area contributed by atoms with E-state index in [9.17, 15) is 0 Å². The largest absolute Gasteiger partial charge is 0.363 e. The summed E-state index contributed by atoms with van der Waals surface area (Å²) in [5, 5.41) is 0.793. The highest BCUT2D eigenvalue weighted by Gasteiger charge is 2.19. The summed E-state index contributed by atoms with van der Waals surface area (Å²) in [5.41, 5.74) is 1.43. The van der Waals surface area contributed by atoms with Crippen molar-refractivity contribution in [1.82, 2.24) is 4.98 Å². The van der Waals surface area contributed by atoms with Crippen LogP contribution in [0.15, 0.2) is 12.3 Å². The van der Waals surface area contributed by atoms with Gasteiger partial charge in [0.2, 0.25) is 0 Å². The maximum atomic E-state index is 5.79. The Morgan fingerprint density at radius 1 is 1.55 bits per heavy atom. The Hall–Kier alpha value is -0.430. The summed E-state index contributed by atoms with van der Waals surface area (Å²) < 4.78 is 0. The molecule has 0 bridgehead atoms. The molecule has 11 heavy (non-hydrogen) atoms. The van der Waals surface area contributed by atoms with E-state index in [-0.39, 0.29) is 5.41 Å². The number of nitrogens with one attached hydrogen (secondary N) is 1. The predicted octanol–water partition coefficient (Wildman–Crippen LogP) is 3.36. The lowest BCUT2D eigenvalue weighted by Crippen LogP contribution is -2.15. The van der Waals surface area contributed by atoms with Gasteiger partial charge in [-0.25, -0.2) is 0 Å². The van der Waals surface area contributed by atoms with Crippen LogP contribution in [-0.2, 0) is 5.41 Å². The van der Waals surface area contributed by atoms with Gasteiger partial charge in [0.15, 0.2) is 0 Å². The smallest absolute Gasteiger partial charge is 0.0583 e. The van der Waals surface area contributed by atoms with Crippen LogP contribution in [0.4, 0.5) is 0 Å². The Morgan fingerprint density at radius 2 is 2.18 bits per heavy atom. The number of hydrogen-bond acceptors (Lipinski definition) is 0. The first-order valence-corrected chi connectivity index (χ1v) is 4.28. The average Bonchev–Trinajstić information content (AvgIpc) is 2.36. The van der Waals surface area contributed by atoms with Gasteiger partial charge in [-0.05, 0) is 12.5 Å². The van der Waals surface area contributed by atoms with Gasteiger partial charge < -0.3 is 4.98 Å². The third-order valence-corrected chi connectivity index (χ3v) is 2.48. The molecule has 0 aliphatic heterocycles. The lowest BCUT2D eigenvalue weighted by Gasteiger charge is -2.20. The minimum atomic E-state index is 0.215. The summed E-state index contributed by atoms with van der Waals surface area (Å²) in [6, 6.07) is 1.99. The second-order valence-electron chi connectivity index (χ2n) is 3.47. The Morgan fingerprint density at radius 3 is 2.55 bits per heavy atom. The molecule has 0 unspecified atom stereocenters. The molecule has 0 radical (unpaired) electrons. The molecule has 0 aliphatic rings. The van der Waals surface area contributed by atoms with E-state index < -0.39 is 0 Å². The summed E-state index contributed by atoms with van der Waals surface area (Å²) >= 11 is 5.79. The number of rotatable bonds is 2. The average molecular weight is 172 g/mol. The van der Waals surface area contributed by atoms with Crippen LogP contribution in [-0.4, -0.2) is 4.98 Å². The first kappa shape index (κ1) is 8.66. The molecule has 1 heterocycles. The van der Waals surface area contributed by atoms with E-state index in [1.54, 1.807) is 0 Å². The molecule has 0 aliphatic carbocycles. The van der Waals surface area contributed by atoms with Gasteiger partial charge in [-0.2, -0.15) is 0 Å². The first-order valence-electron chi connectivity index (χ1n) is 3.90. The molecule has 2 heteroatoms. The zero-order chi connectivity index (χ0) is 8.48. The number of aromatic nitrogens is 1. The van der Waals surface area contributed by atoms with E-state index in [1.165, 1.54) is 5.69 Å². The molecule has 0 saturated heterocycles. The van der Waals surface area contributed by atoms with Gasteiger partial charge in [0, 0.05) is 17.3 Å². The monoisotopic (exact) mass is 171 g/mol. The molecule has 62 valence electrons. The van der Waals surface area contributed by atoms with E-state index in [0.29, 0.717) is 0 Å². The molecule has 0 saturated carbocycles. The third-order valence-electron chi connectivity index (χ3n) is 2.26. The molecule has 1 aromatic rings. The van der Waals surface area contributed by atoms with Gasteiger partial charge in [-0.3, -0.25) is 0 Å². The topological polar surface area (TPSA) is 15.8 Å². The van der Waals surface area contributed by atoms with Crippen LogP contribution < -0.4 is 0 Å². The Balaban J connectivity index is 2.92. The summed E-state index contributed by atoms with van der Waals surface area (Å²) in [7, 11) is 0. The van der Waals surface area contributed by atoms with Crippen molar-refractivity contribution >= 4 is 11.6 Å². The normalized spacial score (nSPS) is 12.0. The zero-order valence-electron chi connectivity index (χ0n) is 7.24. The van der Waals surface area contributed by atoms with E-state index in [0.717, 1.165) is 11.4 Å². The van der Waals surface area contributed by atoms with Gasteiger partial charge >= 0.3 is 0 Å². The lowest BCUT2D eigenvalue weighted by atomic mass is 9.87. The van der Waals surface area contributed by atoms with Gasteiger partial charge in [-0.15, -0.1) is 0 Å². The molecule has 1 N–H and O–H groups in total. The standard InChI is InChI=1S/C9H14ClN/c1-4-9(2,3)8-5-7(10)6-11-8/h5-6,11H,4H2,1-3H3. The summed E-state index contributed by atoms with van der Waals surface area (Å²) in [5.74, 6) is 0. The van der Waals surface area contributed by atoms with Crippen molar-refractivity contribution in [2.75, 3.05) is 0 Å². The van der Waals surface area contributed by atoms with Crippen LogP contribution in [0.25, 0.3) is 0 Å². The molecule has 1 rings (SSSR count). The van der Waals surface area contributed by atoms with Crippen molar-refractivity contribution in [2.24, 2.45) is 0 Å². The Labute approximate surface area is 72.8 Å². The van der Waals surface area contributed by atoms with Crippen molar-refractivity contribution in [2.45, 2.75) is 32.6 Å². The number of halogens is 1. The molecule has 0 fully saturated rings. The van der Waals surface area contributed by atoms with Gasteiger partial charge in [0.1, 0.15) is 0 Å². The molecule has 1 nitrogen and oxygen atoms in total. The molecule has 0 spiro atoms. The van der Waals surface area contributed by atoms with Crippen LogP contribution in [0, 0.1) is 0 Å². The highest BCUT2D eigenvalue weighted by Crippen LogP contribution is 2.27. The quantitative estimate of drug-likeness (QED) is 0.703. The second-order valence-corrected chi connectivity index (χ2v) is 3.91. The summed E-state index contributed by atoms with van der Waals surface area (Å²) in [6.45, 7) is 6.58. The second kappa shape index (κ2) is 2.90. The first-order chi connectivity index (χ1) is 5.06. The SMILES string of the molecule is CCC(C)(C)c1cc(Cl)c[nH]1. The van der Waals surface area contributed by atoms with Crippen molar-refractivity contribution in [1.29, 1.82) is 0 Å². The summed E-state index contributed by atoms with van der Waals surface area (Å²) in [6.07, 6.45) is 2.94. The van der Waals surface area contributed by atoms with Gasteiger partial charge in [-0.1, -0.05) is 32.4 Å². The van der Waals surface area contributed by atoms with Crippen molar-refractivity contribution in [3.63, 3.8) is 0 Å². The van der Waals surface area contributed by atoms with E-state index >= 15 is 0 Å². The van der Waals surface area contributed by atoms with E-state index in [2.05, 4.69) is 25.8 Å². The van der Waals surface area contributed by atoms with Gasteiger partial charge in [0.05, 0.1) is 5.02 Å². The fourth-order valence-electron chi connectivity index (χ4n) is 0.949. The summed E-state index contributed by atoms with van der Waals surface area (Å²) in [4.78, 5) is 3.16. The van der Waals surface area contributed by atoms with E-state index in [1.807, 2.05) is 12.3 Å². The zero-order valence-corrected chi connectivity index (χ0v) is 8.00. The van der Waals surface area contributed by atoms with Crippen molar-refractivity contribution < 1.29 is 0 Å². The molecular weight excluding hydrogens is 158 g/mol. The Kier molecular flexibility index (Phi) is 2.28. The molecule has 0 aromatic carbocycles. The number of hydrogen-bond donors (Lipinski definition) is 1. The Bertz CT molecular complexity index is 237. The van der Waals surface area contributed by atoms with Crippen LogP contribution >= 0.6 is 11.6 Å². The third kappa shape index (κ3) is 1.78. The highest BCUT2D eigenvalue weighted by molar-refractivity contribution is 6.30. The lowest BCUT2D eigenvalue weighted by molar-refractivity contribution is 0.493. The fourth-order valence-corrected chi connectivity index (χ4v) is 1.11. The van der Waals surface area contributed by atoms with Crippen LogP contribution in [0.5, 0.6) is 0 Å². The highest BCUT2D eigenvalue weighted by atomic mass is 35.5. The van der Waals surface area contributed by atoms with Gasteiger partial charge in [0.25, 0.3) is 0 Å². The maximum Gasteiger partial charge on any atom is 0.0583 e. The van der Waals surface area contributed by atoms with Crippen molar-refractivity contribution in [3.8, 4) is 0 Å². The molecule has 1 aromatic heterocycles. The van der Waals surface area contributed by atoms with Crippen LogP contribution in [0.1, 0.15) is 32.9 Å². The molecular formula is C9H14ClN. The molecule has 0 amide bonds. The van der Waals surface area contributed by atoms with Crippen LogP contribution in [0.2, 0.25) is 5.02 Å². The van der Waals surface area contributed by atoms with Crippen molar-refractivity contribution in [3.05, 3.63) is 23.0 Å². The number of aromatic amines is 1.